The van der Waals surface area contributed by atoms with Crippen molar-refractivity contribution in [1.82, 2.24) is 34.6 Å². The van der Waals surface area contributed by atoms with Gasteiger partial charge in [-0.2, -0.15) is 5.10 Å². The van der Waals surface area contributed by atoms with E-state index in [9.17, 15) is 4.79 Å². The summed E-state index contributed by atoms with van der Waals surface area (Å²) in [5.41, 5.74) is 13.2. The number of nitrogens with two attached hydrogens (primary N) is 1. The fourth-order valence-corrected chi connectivity index (χ4v) is 6.38. The molecular formula is C35H43BrN8O6. The Balaban J connectivity index is 0.919. The maximum Gasteiger partial charge on any atom is 0.164 e. The number of nitrogens with zero attached hydrogens (tertiary/aromatic N) is 6. The fourth-order valence-electron chi connectivity index (χ4n) is 5.85. The number of aromatic nitrogens is 6. The van der Waals surface area contributed by atoms with Crippen LogP contribution in [0, 0.1) is 0 Å². The average Bonchev–Trinajstić information content (AvgIpc) is 3.76. The predicted octanol–water partition coefficient (Wildman–Crippen LogP) is 3.75. The third kappa shape index (κ3) is 9.48. The summed E-state index contributed by atoms with van der Waals surface area (Å²) in [6.45, 7) is 7.30. The van der Waals surface area contributed by atoms with Crippen LogP contribution in [0.15, 0.2) is 49.1 Å². The number of pyridine rings is 1. The van der Waals surface area contributed by atoms with Gasteiger partial charge in [0.1, 0.15) is 29.8 Å². The number of carbonyl (C=O) groups excluding carboxylic acids is 1. The lowest BCUT2D eigenvalue weighted by atomic mass is 9.97. The molecule has 266 valence electrons. The second-order valence-corrected chi connectivity index (χ2v) is 12.9. The first-order chi connectivity index (χ1) is 24.6. The quantitative estimate of drug-likeness (QED) is 0.0484. The van der Waals surface area contributed by atoms with E-state index >= 15 is 0 Å². The Morgan fingerprint density at radius 1 is 0.900 bits per heavy atom. The third-order valence-electron chi connectivity index (χ3n) is 8.40. The minimum Gasteiger partial charge on any atom is -0.383 e. The monoisotopic (exact) mass is 750 g/mol. The first-order valence-corrected chi connectivity index (χ1v) is 17.7. The normalized spacial score (nSPS) is 14.0. The molecule has 15 heteroatoms. The van der Waals surface area contributed by atoms with Gasteiger partial charge < -0.3 is 39.2 Å². The van der Waals surface area contributed by atoms with Crippen LogP contribution in [0.2, 0.25) is 0 Å². The van der Waals surface area contributed by atoms with Crippen molar-refractivity contribution in [2.45, 2.75) is 30.9 Å². The number of anilines is 1. The summed E-state index contributed by atoms with van der Waals surface area (Å²) in [5.74, 6) is 0.395. The van der Waals surface area contributed by atoms with Gasteiger partial charge in [-0.3, -0.25) is 4.90 Å². The highest BCUT2D eigenvalue weighted by molar-refractivity contribution is 9.09. The van der Waals surface area contributed by atoms with Crippen LogP contribution in [0.5, 0.6) is 0 Å². The number of nitrogen functional groups attached to an aromatic ring is 1. The number of alkyl halides is 1. The lowest BCUT2D eigenvalue weighted by Crippen LogP contribution is -2.38. The van der Waals surface area contributed by atoms with E-state index in [1.807, 2.05) is 16.9 Å². The van der Waals surface area contributed by atoms with E-state index < -0.39 is 0 Å². The highest BCUT2D eigenvalue weighted by Crippen LogP contribution is 2.32. The number of hydrogen-bond donors (Lipinski definition) is 2. The van der Waals surface area contributed by atoms with E-state index in [1.54, 1.807) is 6.20 Å². The van der Waals surface area contributed by atoms with E-state index in [2.05, 4.69) is 65.0 Å². The van der Waals surface area contributed by atoms with Gasteiger partial charge in [-0.05, 0) is 35.2 Å². The molecule has 5 aromatic rings. The predicted molar refractivity (Wildman–Crippen MR) is 192 cm³/mol. The smallest absolute Gasteiger partial charge is 0.164 e. The van der Waals surface area contributed by atoms with Gasteiger partial charge in [-0.25, -0.2) is 19.6 Å². The molecule has 0 saturated carbocycles. The summed E-state index contributed by atoms with van der Waals surface area (Å²) >= 11 is 3.82. The van der Waals surface area contributed by atoms with Crippen LogP contribution >= 0.6 is 15.9 Å². The first kappa shape index (κ1) is 36.0. The third-order valence-corrected chi connectivity index (χ3v) is 9.24. The molecule has 1 unspecified atom stereocenters. The number of aromatic amines is 1. The van der Waals surface area contributed by atoms with Crippen molar-refractivity contribution in [1.29, 1.82) is 0 Å². The summed E-state index contributed by atoms with van der Waals surface area (Å²) in [4.78, 5) is 29.2. The molecular weight excluding hydrogens is 708 g/mol. The molecule has 6 rings (SSSR count). The molecule has 0 amide bonds. The number of H-pyrrole nitrogens is 1. The topological polar surface area (TPSA) is 165 Å². The summed E-state index contributed by atoms with van der Waals surface area (Å²) in [7, 11) is 0. The van der Waals surface area contributed by atoms with E-state index in [-0.39, 0.29) is 4.95 Å². The van der Waals surface area contributed by atoms with E-state index in [0.717, 1.165) is 59.0 Å². The van der Waals surface area contributed by atoms with Gasteiger partial charge in [0.05, 0.1) is 83.0 Å². The highest BCUT2D eigenvalue weighted by Gasteiger charge is 2.23. The van der Waals surface area contributed by atoms with Crippen molar-refractivity contribution in [3.05, 3.63) is 65.7 Å². The molecule has 1 aliphatic rings. The van der Waals surface area contributed by atoms with Gasteiger partial charge in [-0.15, -0.1) is 0 Å². The van der Waals surface area contributed by atoms with Crippen LogP contribution in [-0.4, -0.2) is 118 Å². The van der Waals surface area contributed by atoms with Crippen molar-refractivity contribution < 1.29 is 28.5 Å². The molecule has 1 aromatic carbocycles. The maximum atomic E-state index is 10.2. The molecule has 0 bridgehead atoms. The number of fused-ring (bicyclic) bond motifs is 3. The lowest BCUT2D eigenvalue weighted by molar-refractivity contribution is -0.108. The van der Waals surface area contributed by atoms with Crippen LogP contribution < -0.4 is 5.73 Å². The number of ether oxygens (including phenoxy) is 5. The van der Waals surface area contributed by atoms with Crippen molar-refractivity contribution in [2.75, 3.05) is 78.3 Å². The van der Waals surface area contributed by atoms with Crippen molar-refractivity contribution in [2.24, 2.45) is 0 Å². The van der Waals surface area contributed by atoms with Crippen molar-refractivity contribution in [3.63, 3.8) is 0 Å². The zero-order valence-electron chi connectivity index (χ0n) is 28.0. The Kier molecular flexibility index (Phi) is 13.3. The van der Waals surface area contributed by atoms with Crippen molar-refractivity contribution in [3.8, 4) is 11.3 Å². The maximum absolute atomic E-state index is 10.2. The van der Waals surface area contributed by atoms with Crippen LogP contribution in [0.4, 0.5) is 5.82 Å². The van der Waals surface area contributed by atoms with Crippen LogP contribution in [0.1, 0.15) is 23.1 Å². The largest absolute Gasteiger partial charge is 0.383 e. The van der Waals surface area contributed by atoms with Crippen molar-refractivity contribution >= 4 is 50.1 Å². The van der Waals surface area contributed by atoms with Crippen LogP contribution in [-0.2, 0) is 48.0 Å². The molecule has 14 nitrogen and oxygen atoms in total. The summed E-state index contributed by atoms with van der Waals surface area (Å²) in [5, 5.41) is 6.69. The van der Waals surface area contributed by atoms with Gasteiger partial charge in [0.2, 0.25) is 0 Å². The van der Waals surface area contributed by atoms with Gasteiger partial charge in [0.25, 0.3) is 0 Å². The number of hydrogen-bond acceptors (Lipinski definition) is 12. The molecule has 4 aromatic heterocycles. The Labute approximate surface area is 298 Å². The van der Waals surface area contributed by atoms with Gasteiger partial charge in [0.15, 0.2) is 5.65 Å². The number of aldehydes is 1. The van der Waals surface area contributed by atoms with E-state index in [4.69, 9.17) is 34.5 Å². The second kappa shape index (κ2) is 18.4. The van der Waals surface area contributed by atoms with Crippen LogP contribution in [0.3, 0.4) is 0 Å². The number of carbonyl (C=O) groups is 1. The molecule has 50 heavy (non-hydrogen) atoms. The first-order valence-electron chi connectivity index (χ1n) is 16.8. The fraction of sp³-hybridized carbons (Fsp3) is 0.457. The molecule has 1 atom stereocenters. The second-order valence-electron chi connectivity index (χ2n) is 11.8. The molecule has 3 N–H and O–H groups in total. The molecule has 0 spiro atoms. The van der Waals surface area contributed by atoms with E-state index in [1.165, 1.54) is 17.5 Å². The van der Waals surface area contributed by atoms with Crippen LogP contribution in [0.25, 0.3) is 33.3 Å². The number of benzene rings is 1. The SMILES string of the molecule is Nc1ncnc2c1c(-c1cnc3[nH]ccc3c1)nn2Cc1ccc2c(c1)CCN(C(Br)COCCOCCOCCOCCOCCC=O)C2. The Bertz CT molecular complexity index is 1830. The summed E-state index contributed by atoms with van der Waals surface area (Å²) in [6, 6.07) is 10.7. The molecule has 0 saturated heterocycles. The van der Waals surface area contributed by atoms with Gasteiger partial charge >= 0.3 is 0 Å². The highest BCUT2D eigenvalue weighted by atomic mass is 79.9. The number of rotatable bonds is 21. The lowest BCUT2D eigenvalue weighted by Gasteiger charge is -2.32. The summed E-state index contributed by atoms with van der Waals surface area (Å²) < 4.78 is 29.6. The summed E-state index contributed by atoms with van der Waals surface area (Å²) in [6.07, 6.45) is 7.35. The Hall–Kier alpha value is -3.83. The molecule has 0 fully saturated rings. The standard InChI is InChI=1S/C35H43BrN8O6/c36-30(23-50-17-16-49-15-14-48-13-12-47-11-10-46-9-1-8-45)43-7-5-26-18-25(2-3-28(26)22-43)21-44-35-31(33(37)40-24-41-35)32(42-44)29-19-27-4-6-38-34(27)39-20-29/h2-4,6,8,18-20,24,30H,1,5,7,9-17,21-23H2,(H,38,39)(H2,37,40,41). The minimum absolute atomic E-state index is 0.105. The zero-order chi connectivity index (χ0) is 34.5. The van der Waals surface area contributed by atoms with Gasteiger partial charge in [-0.1, -0.05) is 34.1 Å². The Morgan fingerprint density at radius 2 is 1.64 bits per heavy atom. The zero-order valence-corrected chi connectivity index (χ0v) is 29.6. The van der Waals surface area contributed by atoms with Gasteiger partial charge in [0, 0.05) is 42.9 Å². The number of halogens is 1. The number of nitrogens with one attached hydrogen (secondary N) is 1. The molecule has 1 aliphatic heterocycles. The Morgan fingerprint density at radius 3 is 2.40 bits per heavy atom. The molecule has 0 radical (unpaired) electrons. The molecule has 5 heterocycles. The van der Waals surface area contributed by atoms with E-state index in [0.29, 0.717) is 90.5 Å². The molecule has 0 aliphatic carbocycles. The average molecular weight is 752 g/mol. The minimum atomic E-state index is 0.105.